The molecule has 0 aromatic heterocycles. The van der Waals surface area contributed by atoms with Gasteiger partial charge in [0.25, 0.3) is 0 Å². The van der Waals surface area contributed by atoms with Crippen molar-refractivity contribution in [2.45, 2.75) is 26.7 Å². The van der Waals surface area contributed by atoms with E-state index in [1.807, 2.05) is 0 Å². The van der Waals surface area contributed by atoms with Crippen molar-refractivity contribution in [3.8, 4) is 0 Å². The molecule has 0 saturated heterocycles. The van der Waals surface area contributed by atoms with Crippen molar-refractivity contribution in [1.29, 1.82) is 0 Å². The van der Waals surface area contributed by atoms with Gasteiger partial charge in [-0.2, -0.15) is 0 Å². The summed E-state index contributed by atoms with van der Waals surface area (Å²) in [7, 11) is 0. The van der Waals surface area contributed by atoms with Crippen LogP contribution in [0.25, 0.3) is 0 Å². The summed E-state index contributed by atoms with van der Waals surface area (Å²) in [5.74, 6) is 1.45. The fraction of sp³-hybridized carbons (Fsp3) is 0.833. The van der Waals surface area contributed by atoms with Gasteiger partial charge in [0.1, 0.15) is 0 Å². The largest absolute Gasteiger partial charge is 0.177 e. The molecule has 0 N–H and O–H groups in total. The molecule has 1 aliphatic rings. The smallest absolute Gasteiger partial charge is 0.111 e. The Hall–Kier alpha value is -0.930. The van der Waals surface area contributed by atoms with Crippen molar-refractivity contribution >= 4 is 5.84 Å². The van der Waals surface area contributed by atoms with Crippen LogP contribution in [0.4, 0.5) is 0 Å². The van der Waals surface area contributed by atoms with E-state index in [4.69, 9.17) is 0 Å². The zero-order chi connectivity index (χ0) is 7.40. The van der Waals surface area contributed by atoms with Crippen LogP contribution in [-0.4, -0.2) is 5.84 Å². The monoisotopic (exact) mass is 139 g/mol. The Balaban J connectivity index is 2.15. The van der Waals surface area contributed by atoms with Gasteiger partial charge >= 0.3 is 0 Å². The van der Waals surface area contributed by atoms with Gasteiger partial charge in [0.15, 0.2) is 5.84 Å². The molecule has 0 unspecified atom stereocenters. The maximum atomic E-state index is 3.72. The highest BCUT2D eigenvalue weighted by Gasteiger charge is 2.05. The highest BCUT2D eigenvalue weighted by atomic mass is 15.6. The molecule has 1 rings (SSSR count). The number of hydrogen-bond acceptors (Lipinski definition) is 3. The Bertz CT molecular complexity index is 159. The summed E-state index contributed by atoms with van der Waals surface area (Å²) in [6, 6.07) is 0. The first-order valence-corrected chi connectivity index (χ1v) is 3.46. The maximum absolute atomic E-state index is 3.72. The van der Waals surface area contributed by atoms with Crippen LogP contribution >= 0.6 is 0 Å². The highest BCUT2D eigenvalue weighted by Crippen LogP contribution is 2.06. The molecule has 1 aliphatic heterocycles. The number of rotatable bonds is 3. The lowest BCUT2D eigenvalue weighted by atomic mass is 10.1. The molecule has 1 heterocycles. The molecule has 0 aromatic rings. The van der Waals surface area contributed by atoms with Crippen LogP contribution in [0.15, 0.2) is 15.5 Å². The minimum Gasteiger partial charge on any atom is -0.111 e. The average molecular weight is 139 g/mol. The number of hydrogen-bond donors (Lipinski definition) is 0. The maximum Gasteiger partial charge on any atom is 0.177 e. The summed E-state index contributed by atoms with van der Waals surface area (Å²) >= 11 is 0. The Morgan fingerprint density at radius 2 is 2.10 bits per heavy atom. The van der Waals surface area contributed by atoms with Crippen LogP contribution < -0.4 is 5.43 Å². The predicted octanol–water partition coefficient (Wildman–Crippen LogP) is 1.72. The lowest BCUT2D eigenvalue weighted by Gasteiger charge is -2.00. The first-order valence-electron chi connectivity index (χ1n) is 3.46. The summed E-state index contributed by atoms with van der Waals surface area (Å²) in [4.78, 5) is 0. The predicted molar refractivity (Wildman–Crippen MR) is 38.5 cm³/mol. The fourth-order valence-corrected chi connectivity index (χ4v) is 0.681. The first-order chi connectivity index (χ1) is 4.79. The van der Waals surface area contributed by atoms with Gasteiger partial charge in [-0.1, -0.05) is 13.8 Å². The van der Waals surface area contributed by atoms with E-state index in [0.717, 1.165) is 18.7 Å². The summed E-state index contributed by atoms with van der Waals surface area (Å²) in [5, 5.41) is 10.5. The first kappa shape index (κ1) is 7.18. The Labute approximate surface area is 60.4 Å². The van der Waals surface area contributed by atoms with E-state index in [2.05, 4.69) is 34.8 Å². The van der Waals surface area contributed by atoms with Crippen LogP contribution in [0, 0.1) is 5.92 Å². The van der Waals surface area contributed by atoms with E-state index in [-0.39, 0.29) is 0 Å². The van der Waals surface area contributed by atoms with Gasteiger partial charge in [0, 0.05) is 6.42 Å². The Kier molecular flexibility index (Phi) is 2.36. The van der Waals surface area contributed by atoms with Gasteiger partial charge in [-0.15, -0.1) is 10.5 Å². The van der Waals surface area contributed by atoms with Gasteiger partial charge in [0.2, 0.25) is 0 Å². The highest BCUT2D eigenvalue weighted by molar-refractivity contribution is 5.81. The summed E-state index contributed by atoms with van der Waals surface area (Å²) < 4.78 is 0. The zero-order valence-electron chi connectivity index (χ0n) is 6.28. The van der Waals surface area contributed by atoms with Crippen LogP contribution in [0.2, 0.25) is 0 Å². The van der Waals surface area contributed by atoms with Crippen LogP contribution in [-0.2, 0) is 0 Å². The molecule has 0 aromatic carbocycles. The molecule has 55 valence electrons. The molecule has 0 spiro atoms. The molecule has 0 saturated carbocycles. The van der Waals surface area contributed by atoms with Crippen molar-refractivity contribution in [3.05, 3.63) is 0 Å². The van der Waals surface area contributed by atoms with Crippen LogP contribution in [0.3, 0.4) is 0 Å². The molecular formula is C6H11N4. The van der Waals surface area contributed by atoms with E-state index in [1.54, 1.807) is 0 Å². The number of nitrogens with zero attached hydrogens (tertiary/aromatic N) is 4. The van der Waals surface area contributed by atoms with Crippen molar-refractivity contribution in [3.63, 3.8) is 0 Å². The van der Waals surface area contributed by atoms with Gasteiger partial charge in [-0.25, -0.2) is 0 Å². The molecule has 0 bridgehead atoms. The third-order valence-electron chi connectivity index (χ3n) is 1.31. The van der Waals surface area contributed by atoms with Gasteiger partial charge < -0.3 is 0 Å². The SMILES string of the molecule is CC(C)CCC1=NN=N[N]1. The van der Waals surface area contributed by atoms with E-state index in [1.165, 1.54) is 0 Å². The van der Waals surface area contributed by atoms with Gasteiger partial charge in [-0.05, 0) is 22.8 Å². The normalized spacial score (nSPS) is 15.7. The van der Waals surface area contributed by atoms with Gasteiger partial charge in [0.05, 0.1) is 0 Å². The molecule has 4 nitrogen and oxygen atoms in total. The molecule has 4 heteroatoms. The van der Waals surface area contributed by atoms with Crippen molar-refractivity contribution in [2.75, 3.05) is 0 Å². The minimum atomic E-state index is 0.693. The second-order valence-electron chi connectivity index (χ2n) is 2.73. The van der Waals surface area contributed by atoms with Crippen molar-refractivity contribution in [2.24, 2.45) is 21.5 Å². The average Bonchev–Trinajstić information content (AvgIpc) is 2.34. The van der Waals surface area contributed by atoms with E-state index < -0.39 is 0 Å². The number of amidine groups is 1. The zero-order valence-corrected chi connectivity index (χ0v) is 6.28. The molecule has 0 amide bonds. The van der Waals surface area contributed by atoms with E-state index >= 15 is 0 Å². The summed E-state index contributed by atoms with van der Waals surface area (Å²) in [6.45, 7) is 4.34. The Morgan fingerprint density at radius 3 is 2.60 bits per heavy atom. The molecular weight excluding hydrogens is 128 g/mol. The third kappa shape index (κ3) is 2.13. The quantitative estimate of drug-likeness (QED) is 0.571. The fourth-order valence-electron chi connectivity index (χ4n) is 0.681. The third-order valence-corrected chi connectivity index (χ3v) is 1.31. The summed E-state index contributed by atoms with van der Waals surface area (Å²) in [6.07, 6.45) is 2.00. The van der Waals surface area contributed by atoms with Crippen molar-refractivity contribution in [1.82, 2.24) is 5.43 Å². The van der Waals surface area contributed by atoms with E-state index in [0.29, 0.717) is 5.92 Å². The Morgan fingerprint density at radius 1 is 1.30 bits per heavy atom. The molecule has 10 heavy (non-hydrogen) atoms. The van der Waals surface area contributed by atoms with Crippen LogP contribution in [0.1, 0.15) is 26.7 Å². The van der Waals surface area contributed by atoms with Crippen LogP contribution in [0.5, 0.6) is 0 Å². The lowest BCUT2D eigenvalue weighted by molar-refractivity contribution is 0.599. The second-order valence-corrected chi connectivity index (χ2v) is 2.73. The topological polar surface area (TPSA) is 51.2 Å². The minimum absolute atomic E-state index is 0.693. The van der Waals surface area contributed by atoms with Crippen molar-refractivity contribution < 1.29 is 0 Å². The molecule has 1 radical (unpaired) electrons. The molecule has 0 aliphatic carbocycles. The van der Waals surface area contributed by atoms with E-state index in [9.17, 15) is 0 Å². The molecule has 0 fully saturated rings. The standard InChI is InChI=1S/C6H11N4/c1-5(2)3-4-6-7-9-10-8-6/h5H,3-4H2,1-2H3. The molecule has 0 atom stereocenters. The van der Waals surface area contributed by atoms with Gasteiger partial charge in [-0.3, -0.25) is 0 Å². The summed E-state index contributed by atoms with van der Waals surface area (Å²) in [5.41, 5.74) is 3.72. The second kappa shape index (κ2) is 3.29. The lowest BCUT2D eigenvalue weighted by Crippen LogP contribution is -2.06.